The highest BCUT2D eigenvalue weighted by molar-refractivity contribution is 5.82. The third-order valence-corrected chi connectivity index (χ3v) is 4.19. The van der Waals surface area contributed by atoms with Gasteiger partial charge in [0.2, 0.25) is 5.91 Å². The average Bonchev–Trinajstić information content (AvgIpc) is 3.02. The number of likely N-dealkylation sites (tertiary alicyclic amines) is 1. The van der Waals surface area contributed by atoms with Crippen LogP contribution in [-0.4, -0.2) is 27.3 Å². The smallest absolute Gasteiger partial charge is 0.226 e. The molecule has 4 nitrogen and oxygen atoms in total. The molecule has 1 aliphatic heterocycles. The Kier molecular flexibility index (Phi) is 2.37. The summed E-state index contributed by atoms with van der Waals surface area (Å²) >= 11 is 0. The van der Waals surface area contributed by atoms with Crippen LogP contribution in [0.5, 0.6) is 0 Å². The van der Waals surface area contributed by atoms with Crippen molar-refractivity contribution in [2.75, 3.05) is 6.54 Å². The van der Waals surface area contributed by atoms with Gasteiger partial charge >= 0.3 is 0 Å². The van der Waals surface area contributed by atoms with E-state index in [1.165, 1.54) is 0 Å². The first-order valence-electron chi connectivity index (χ1n) is 7.08. The molecule has 0 radical (unpaired) electrons. The Morgan fingerprint density at radius 1 is 1.26 bits per heavy atom. The van der Waals surface area contributed by atoms with Crippen LogP contribution < -0.4 is 0 Å². The maximum atomic E-state index is 12.3. The van der Waals surface area contributed by atoms with Crippen LogP contribution in [0.25, 0.3) is 11.0 Å². The molecule has 1 aromatic heterocycles. The van der Waals surface area contributed by atoms with Crippen molar-refractivity contribution in [1.29, 1.82) is 0 Å². The fraction of sp³-hybridized carbons (Fsp3) is 0.467. The molecule has 2 heterocycles. The quantitative estimate of drug-likeness (QED) is 0.896. The molecule has 1 amide bonds. The Morgan fingerprint density at radius 3 is 2.89 bits per heavy atom. The normalized spacial score (nSPS) is 23.2. The standard InChI is InChI=1S/C15H17N3O/c19-15(10-7-8-10)18-9-3-6-13(18)14-16-11-4-1-2-5-12(11)17-14/h1-2,4-5,10,13H,3,6-9H2,(H,16,17). The minimum absolute atomic E-state index is 0.153. The van der Waals surface area contributed by atoms with Crippen LogP contribution in [0.2, 0.25) is 0 Å². The number of fused-ring (bicyclic) bond motifs is 1. The molecule has 0 spiro atoms. The molecule has 1 unspecified atom stereocenters. The molecular formula is C15H17N3O. The lowest BCUT2D eigenvalue weighted by atomic mass is 10.2. The van der Waals surface area contributed by atoms with Crippen molar-refractivity contribution in [3.8, 4) is 0 Å². The first-order chi connectivity index (χ1) is 9.33. The van der Waals surface area contributed by atoms with Crippen molar-refractivity contribution in [1.82, 2.24) is 14.9 Å². The van der Waals surface area contributed by atoms with E-state index in [1.54, 1.807) is 0 Å². The number of para-hydroxylation sites is 2. The van der Waals surface area contributed by atoms with Gasteiger partial charge in [-0.3, -0.25) is 4.79 Å². The number of amides is 1. The van der Waals surface area contributed by atoms with E-state index in [0.29, 0.717) is 11.8 Å². The molecule has 0 bridgehead atoms. The number of imidazole rings is 1. The molecule has 2 aromatic rings. The second-order valence-corrected chi connectivity index (χ2v) is 5.60. The van der Waals surface area contributed by atoms with Crippen LogP contribution in [0.15, 0.2) is 24.3 Å². The van der Waals surface area contributed by atoms with Crippen molar-refractivity contribution >= 4 is 16.9 Å². The van der Waals surface area contributed by atoms with E-state index in [0.717, 1.165) is 49.1 Å². The lowest BCUT2D eigenvalue weighted by molar-refractivity contribution is -0.133. The van der Waals surface area contributed by atoms with Gasteiger partial charge in [-0.1, -0.05) is 12.1 Å². The molecule has 98 valence electrons. The summed E-state index contributed by atoms with van der Waals surface area (Å²) in [5.74, 6) is 1.58. The highest BCUT2D eigenvalue weighted by Gasteiger charge is 2.39. The maximum Gasteiger partial charge on any atom is 0.226 e. The number of carbonyl (C=O) groups excluding carboxylic acids is 1. The second kappa shape index (κ2) is 4.08. The maximum absolute atomic E-state index is 12.3. The summed E-state index contributed by atoms with van der Waals surface area (Å²) in [6, 6.07) is 8.20. The van der Waals surface area contributed by atoms with Gasteiger partial charge in [-0.15, -0.1) is 0 Å². The molecule has 4 rings (SSSR count). The molecule has 2 fully saturated rings. The van der Waals surface area contributed by atoms with Crippen molar-refractivity contribution in [2.45, 2.75) is 31.7 Å². The first-order valence-corrected chi connectivity index (χ1v) is 7.08. The molecule has 1 atom stereocenters. The zero-order chi connectivity index (χ0) is 12.8. The largest absolute Gasteiger partial charge is 0.340 e. The van der Waals surface area contributed by atoms with E-state index in [-0.39, 0.29) is 6.04 Å². The van der Waals surface area contributed by atoms with Gasteiger partial charge in [-0.05, 0) is 37.8 Å². The zero-order valence-corrected chi connectivity index (χ0v) is 10.8. The number of carbonyl (C=O) groups is 1. The van der Waals surface area contributed by atoms with E-state index in [2.05, 4.69) is 9.97 Å². The summed E-state index contributed by atoms with van der Waals surface area (Å²) in [5, 5.41) is 0. The number of aromatic amines is 1. The van der Waals surface area contributed by atoms with Gasteiger partial charge in [0.25, 0.3) is 0 Å². The lowest BCUT2D eigenvalue weighted by Gasteiger charge is -2.23. The van der Waals surface area contributed by atoms with Crippen molar-refractivity contribution < 1.29 is 4.79 Å². The summed E-state index contributed by atoms with van der Waals surface area (Å²) in [6.45, 7) is 0.886. The molecule has 1 saturated carbocycles. The molecule has 1 saturated heterocycles. The average molecular weight is 255 g/mol. The molecule has 4 heteroatoms. The minimum Gasteiger partial charge on any atom is -0.340 e. The van der Waals surface area contributed by atoms with E-state index >= 15 is 0 Å². The predicted octanol–water partition coefficient (Wildman–Crippen LogP) is 2.64. The number of benzene rings is 1. The monoisotopic (exact) mass is 255 g/mol. The topological polar surface area (TPSA) is 49.0 Å². The lowest BCUT2D eigenvalue weighted by Crippen LogP contribution is -2.32. The predicted molar refractivity (Wildman–Crippen MR) is 72.5 cm³/mol. The zero-order valence-electron chi connectivity index (χ0n) is 10.8. The number of nitrogens with zero attached hydrogens (tertiary/aromatic N) is 2. The minimum atomic E-state index is 0.153. The van der Waals surface area contributed by atoms with Crippen molar-refractivity contribution in [2.24, 2.45) is 5.92 Å². The number of aromatic nitrogens is 2. The highest BCUT2D eigenvalue weighted by Crippen LogP contribution is 2.38. The molecule has 1 N–H and O–H groups in total. The van der Waals surface area contributed by atoms with Gasteiger partial charge in [0.05, 0.1) is 17.1 Å². The summed E-state index contributed by atoms with van der Waals surface area (Å²) < 4.78 is 0. The molecular weight excluding hydrogens is 238 g/mol. The van der Waals surface area contributed by atoms with Gasteiger partial charge < -0.3 is 9.88 Å². The number of hydrogen-bond acceptors (Lipinski definition) is 2. The van der Waals surface area contributed by atoms with E-state index in [9.17, 15) is 4.79 Å². The van der Waals surface area contributed by atoms with Crippen LogP contribution in [0.1, 0.15) is 37.5 Å². The Bertz CT molecular complexity index is 596. The third kappa shape index (κ3) is 1.82. The summed E-state index contributed by atoms with van der Waals surface area (Å²) in [5.41, 5.74) is 2.05. The fourth-order valence-corrected chi connectivity index (χ4v) is 3.01. The van der Waals surface area contributed by atoms with Gasteiger partial charge in [-0.25, -0.2) is 4.98 Å². The van der Waals surface area contributed by atoms with Crippen LogP contribution in [-0.2, 0) is 4.79 Å². The van der Waals surface area contributed by atoms with Crippen LogP contribution in [0.4, 0.5) is 0 Å². The highest BCUT2D eigenvalue weighted by atomic mass is 16.2. The fourth-order valence-electron chi connectivity index (χ4n) is 3.01. The number of hydrogen-bond donors (Lipinski definition) is 1. The summed E-state index contributed by atoms with van der Waals surface area (Å²) in [6.07, 6.45) is 4.25. The second-order valence-electron chi connectivity index (χ2n) is 5.60. The van der Waals surface area contributed by atoms with Gasteiger partial charge in [0.1, 0.15) is 5.82 Å². The van der Waals surface area contributed by atoms with Crippen molar-refractivity contribution in [3.05, 3.63) is 30.1 Å². The van der Waals surface area contributed by atoms with Crippen LogP contribution in [0, 0.1) is 5.92 Å². The Morgan fingerprint density at radius 2 is 2.11 bits per heavy atom. The van der Waals surface area contributed by atoms with E-state index in [4.69, 9.17) is 0 Å². The first kappa shape index (κ1) is 11.0. The Labute approximate surface area is 111 Å². The molecule has 2 aliphatic rings. The number of rotatable bonds is 2. The van der Waals surface area contributed by atoms with Crippen LogP contribution >= 0.6 is 0 Å². The SMILES string of the molecule is O=C(C1CC1)N1CCCC1c1nc2ccccc2[nH]1. The third-order valence-electron chi connectivity index (χ3n) is 4.19. The number of H-pyrrole nitrogens is 1. The molecule has 1 aromatic carbocycles. The Hall–Kier alpha value is -1.84. The molecule has 19 heavy (non-hydrogen) atoms. The van der Waals surface area contributed by atoms with Gasteiger partial charge in [-0.2, -0.15) is 0 Å². The summed E-state index contributed by atoms with van der Waals surface area (Å²) in [4.78, 5) is 22.4. The van der Waals surface area contributed by atoms with Crippen molar-refractivity contribution in [3.63, 3.8) is 0 Å². The van der Waals surface area contributed by atoms with E-state index in [1.807, 2.05) is 29.2 Å². The van der Waals surface area contributed by atoms with Gasteiger partial charge in [0.15, 0.2) is 0 Å². The molecule has 1 aliphatic carbocycles. The van der Waals surface area contributed by atoms with Gasteiger partial charge in [0, 0.05) is 12.5 Å². The number of nitrogens with one attached hydrogen (secondary N) is 1. The van der Waals surface area contributed by atoms with E-state index < -0.39 is 0 Å². The summed E-state index contributed by atoms with van der Waals surface area (Å²) in [7, 11) is 0. The Balaban J connectivity index is 1.67. The van der Waals surface area contributed by atoms with Crippen LogP contribution in [0.3, 0.4) is 0 Å².